The minimum Gasteiger partial charge on any atom is -0.368 e. The Balaban J connectivity index is 2.82. The standard InChI is InChI=1S/C5H4N4S2/c6-4-7-1-2-3(8-4)9-5(10)11-2/h1H,(H3,6,7,8,9,10). The van der Waals surface area contributed by atoms with E-state index in [1.807, 2.05) is 0 Å². The third-order valence-corrected chi connectivity index (χ3v) is 2.31. The molecule has 2 aromatic rings. The van der Waals surface area contributed by atoms with E-state index in [0.717, 1.165) is 4.70 Å². The van der Waals surface area contributed by atoms with Crippen LogP contribution < -0.4 is 5.73 Å². The molecule has 0 spiro atoms. The highest BCUT2D eigenvalue weighted by molar-refractivity contribution is 7.82. The van der Waals surface area contributed by atoms with Gasteiger partial charge < -0.3 is 5.73 Å². The molecule has 11 heavy (non-hydrogen) atoms. The van der Waals surface area contributed by atoms with Gasteiger partial charge in [-0.1, -0.05) is 0 Å². The van der Waals surface area contributed by atoms with Crippen LogP contribution in [0.15, 0.2) is 10.5 Å². The normalized spacial score (nSPS) is 10.6. The Hall–Kier alpha value is -0.880. The number of aromatic nitrogens is 3. The van der Waals surface area contributed by atoms with Crippen LogP contribution in [0.1, 0.15) is 0 Å². The van der Waals surface area contributed by atoms with Gasteiger partial charge in [0.2, 0.25) is 5.95 Å². The summed E-state index contributed by atoms with van der Waals surface area (Å²) < 4.78 is 1.59. The van der Waals surface area contributed by atoms with E-state index in [1.165, 1.54) is 11.3 Å². The second-order valence-corrected chi connectivity index (χ2v) is 3.67. The fourth-order valence-electron chi connectivity index (χ4n) is 0.739. The molecule has 0 aliphatic rings. The van der Waals surface area contributed by atoms with E-state index < -0.39 is 0 Å². The molecule has 2 aromatic heterocycles. The van der Waals surface area contributed by atoms with Gasteiger partial charge in [-0.05, 0) is 0 Å². The molecule has 0 atom stereocenters. The smallest absolute Gasteiger partial charge is 0.222 e. The highest BCUT2D eigenvalue weighted by atomic mass is 32.2. The van der Waals surface area contributed by atoms with Crippen LogP contribution in [0.2, 0.25) is 0 Å². The molecule has 2 rings (SSSR count). The van der Waals surface area contributed by atoms with Crippen molar-refractivity contribution >= 4 is 40.3 Å². The summed E-state index contributed by atoms with van der Waals surface area (Å²) in [4.78, 5) is 11.8. The lowest BCUT2D eigenvalue weighted by Crippen LogP contribution is -1.92. The number of hydrogen-bond donors (Lipinski definition) is 2. The molecule has 56 valence electrons. The lowest BCUT2D eigenvalue weighted by molar-refractivity contribution is 1.19. The molecule has 0 unspecified atom stereocenters. The lowest BCUT2D eigenvalue weighted by Gasteiger charge is -1.87. The van der Waals surface area contributed by atoms with Crippen molar-refractivity contribution in [3.8, 4) is 0 Å². The molecular formula is C5H4N4S2. The molecule has 2 N–H and O–H groups in total. The predicted octanol–water partition coefficient (Wildman–Crippen LogP) is 0.957. The molecular weight excluding hydrogens is 180 g/mol. The molecule has 6 heteroatoms. The van der Waals surface area contributed by atoms with Crippen molar-refractivity contribution in [1.29, 1.82) is 0 Å². The van der Waals surface area contributed by atoms with Gasteiger partial charge >= 0.3 is 0 Å². The maximum Gasteiger partial charge on any atom is 0.222 e. The van der Waals surface area contributed by atoms with E-state index in [-0.39, 0.29) is 5.95 Å². The largest absolute Gasteiger partial charge is 0.368 e. The second-order valence-electron chi connectivity index (χ2n) is 1.91. The maximum atomic E-state index is 5.35. The minimum absolute atomic E-state index is 0.246. The first kappa shape index (κ1) is 6.81. The molecule has 0 aromatic carbocycles. The lowest BCUT2D eigenvalue weighted by atomic mass is 10.6. The van der Waals surface area contributed by atoms with Gasteiger partial charge in [0.25, 0.3) is 0 Å². The molecule has 0 aliphatic heterocycles. The van der Waals surface area contributed by atoms with Gasteiger partial charge in [-0.25, -0.2) is 9.97 Å². The van der Waals surface area contributed by atoms with E-state index in [4.69, 9.17) is 5.73 Å². The topological polar surface area (TPSA) is 64.7 Å². The number of nitrogens with two attached hydrogens (primary N) is 1. The Morgan fingerprint density at radius 1 is 1.45 bits per heavy atom. The van der Waals surface area contributed by atoms with Crippen LogP contribution in [0.3, 0.4) is 0 Å². The second kappa shape index (κ2) is 2.31. The monoisotopic (exact) mass is 184 g/mol. The first-order valence-electron chi connectivity index (χ1n) is 2.84. The molecule has 0 aliphatic carbocycles. The summed E-state index contributed by atoms with van der Waals surface area (Å²) in [5.41, 5.74) is 5.97. The van der Waals surface area contributed by atoms with Crippen molar-refractivity contribution in [2.75, 3.05) is 5.73 Å². The number of hydrogen-bond acceptors (Lipinski definition) is 6. The fraction of sp³-hybridized carbons (Fsp3) is 0. The summed E-state index contributed by atoms with van der Waals surface area (Å²) in [7, 11) is 0. The average Bonchev–Trinajstić information content (AvgIpc) is 2.27. The maximum absolute atomic E-state index is 5.35. The van der Waals surface area contributed by atoms with E-state index in [1.54, 1.807) is 6.20 Å². The Morgan fingerprint density at radius 2 is 2.27 bits per heavy atom. The predicted molar refractivity (Wildman–Crippen MR) is 46.9 cm³/mol. The Labute approximate surface area is 71.9 Å². The third kappa shape index (κ3) is 1.14. The first-order valence-corrected chi connectivity index (χ1v) is 4.10. The van der Waals surface area contributed by atoms with Crippen LogP contribution in [0.5, 0.6) is 0 Å². The summed E-state index contributed by atoms with van der Waals surface area (Å²) in [5.74, 6) is 0.246. The van der Waals surface area contributed by atoms with Gasteiger partial charge in [0.1, 0.15) is 4.34 Å². The number of anilines is 1. The zero-order valence-corrected chi connectivity index (χ0v) is 7.06. The Bertz CT molecular complexity index is 396. The quantitative estimate of drug-likeness (QED) is 0.598. The molecule has 0 radical (unpaired) electrons. The summed E-state index contributed by atoms with van der Waals surface area (Å²) >= 11 is 5.51. The van der Waals surface area contributed by atoms with Gasteiger partial charge in [-0.3, -0.25) is 0 Å². The summed E-state index contributed by atoms with van der Waals surface area (Å²) in [5, 5.41) is 0. The zero-order chi connectivity index (χ0) is 7.84. The molecule has 0 bridgehead atoms. The first-order chi connectivity index (χ1) is 5.25. The van der Waals surface area contributed by atoms with E-state index in [9.17, 15) is 0 Å². The minimum atomic E-state index is 0.246. The highest BCUT2D eigenvalue weighted by Gasteiger charge is 2.01. The molecule has 0 fully saturated rings. The number of fused-ring (bicyclic) bond motifs is 1. The van der Waals surface area contributed by atoms with E-state index >= 15 is 0 Å². The number of nitrogen functional groups attached to an aromatic ring is 1. The van der Waals surface area contributed by atoms with Crippen LogP contribution in [-0.2, 0) is 0 Å². The van der Waals surface area contributed by atoms with Crippen LogP contribution in [-0.4, -0.2) is 15.0 Å². The summed E-state index contributed by atoms with van der Waals surface area (Å²) in [6.45, 7) is 0. The fourth-order valence-corrected chi connectivity index (χ4v) is 1.75. The average molecular weight is 184 g/mol. The molecule has 0 amide bonds. The molecule has 2 heterocycles. The van der Waals surface area contributed by atoms with Crippen molar-refractivity contribution in [1.82, 2.24) is 15.0 Å². The van der Waals surface area contributed by atoms with E-state index in [2.05, 4.69) is 27.6 Å². The van der Waals surface area contributed by atoms with E-state index in [0.29, 0.717) is 9.99 Å². The number of rotatable bonds is 0. The molecule has 0 saturated heterocycles. The van der Waals surface area contributed by atoms with Crippen LogP contribution >= 0.6 is 24.0 Å². The highest BCUT2D eigenvalue weighted by Crippen LogP contribution is 2.21. The Morgan fingerprint density at radius 3 is 3.09 bits per heavy atom. The number of nitrogens with zero attached hydrogens (tertiary/aromatic N) is 3. The van der Waals surface area contributed by atoms with Crippen molar-refractivity contribution < 1.29 is 0 Å². The Kier molecular flexibility index (Phi) is 1.43. The SMILES string of the molecule is Nc1ncc2sc(S)nc2n1. The van der Waals surface area contributed by atoms with Gasteiger partial charge in [-0.2, -0.15) is 4.98 Å². The third-order valence-electron chi connectivity index (χ3n) is 1.16. The van der Waals surface area contributed by atoms with Gasteiger partial charge in [-0.15, -0.1) is 24.0 Å². The van der Waals surface area contributed by atoms with Crippen molar-refractivity contribution in [3.63, 3.8) is 0 Å². The van der Waals surface area contributed by atoms with Crippen LogP contribution in [0.25, 0.3) is 10.3 Å². The van der Waals surface area contributed by atoms with Crippen molar-refractivity contribution in [2.45, 2.75) is 4.34 Å². The number of thiol groups is 1. The summed E-state index contributed by atoms with van der Waals surface area (Å²) in [6.07, 6.45) is 1.65. The van der Waals surface area contributed by atoms with Gasteiger partial charge in [0.05, 0.1) is 10.9 Å². The van der Waals surface area contributed by atoms with Crippen LogP contribution in [0.4, 0.5) is 5.95 Å². The molecule has 4 nitrogen and oxygen atoms in total. The van der Waals surface area contributed by atoms with Crippen LogP contribution in [0, 0.1) is 0 Å². The number of thiazole rings is 1. The van der Waals surface area contributed by atoms with Crippen molar-refractivity contribution in [2.24, 2.45) is 0 Å². The molecule has 0 saturated carbocycles. The van der Waals surface area contributed by atoms with Crippen molar-refractivity contribution in [3.05, 3.63) is 6.20 Å². The summed E-state index contributed by atoms with van der Waals surface area (Å²) in [6, 6.07) is 0. The van der Waals surface area contributed by atoms with Gasteiger partial charge in [0.15, 0.2) is 5.65 Å². The van der Waals surface area contributed by atoms with Gasteiger partial charge in [0, 0.05) is 0 Å². The zero-order valence-electron chi connectivity index (χ0n) is 5.35.